The lowest BCUT2D eigenvalue weighted by Gasteiger charge is -2.16. The number of methoxy groups -OCH3 is 2. The third-order valence-corrected chi connectivity index (χ3v) is 3.25. The van der Waals surface area contributed by atoms with E-state index in [1.807, 2.05) is 6.92 Å². The molecule has 0 saturated heterocycles. The largest absolute Gasteiger partial charge is 0.504 e. The number of phenols is 1. The van der Waals surface area contributed by atoms with Crippen LogP contribution in [0.5, 0.6) is 11.5 Å². The van der Waals surface area contributed by atoms with Gasteiger partial charge in [0, 0.05) is 6.42 Å². The molecule has 8 heteroatoms. The summed E-state index contributed by atoms with van der Waals surface area (Å²) in [4.78, 5) is 16.2. The molecule has 0 spiro atoms. The second-order valence-corrected chi connectivity index (χ2v) is 4.73. The summed E-state index contributed by atoms with van der Waals surface area (Å²) in [6.45, 7) is 2.12. The molecular formula is C15H19N3O5. The van der Waals surface area contributed by atoms with E-state index in [1.165, 1.54) is 20.3 Å². The van der Waals surface area contributed by atoms with Crippen LogP contribution < -0.4 is 10.1 Å². The van der Waals surface area contributed by atoms with Crippen LogP contribution in [0.15, 0.2) is 22.7 Å². The van der Waals surface area contributed by atoms with Gasteiger partial charge in [-0.15, -0.1) is 0 Å². The molecule has 0 saturated carbocycles. The predicted octanol–water partition coefficient (Wildman–Crippen LogP) is 1.35. The van der Waals surface area contributed by atoms with Crippen LogP contribution in [0.2, 0.25) is 0 Å². The summed E-state index contributed by atoms with van der Waals surface area (Å²) in [5.41, 5.74) is 0.536. The van der Waals surface area contributed by atoms with Crippen molar-refractivity contribution in [1.82, 2.24) is 15.5 Å². The summed E-state index contributed by atoms with van der Waals surface area (Å²) < 4.78 is 14.8. The van der Waals surface area contributed by atoms with Crippen molar-refractivity contribution < 1.29 is 23.9 Å². The van der Waals surface area contributed by atoms with Crippen molar-refractivity contribution in [2.75, 3.05) is 14.2 Å². The minimum Gasteiger partial charge on any atom is -0.504 e. The average Bonchev–Trinajstić information content (AvgIpc) is 3.03. The maximum absolute atomic E-state index is 12.0. The fraction of sp³-hybridized carbons (Fsp3) is 0.400. The lowest BCUT2D eigenvalue weighted by molar-refractivity contribution is -0.143. The standard InChI is InChI=1S/C15H19N3O5/c1-4-13-17-12(18-23-13)8-16-14(15(20)22-3)9-5-6-11(21-2)10(19)7-9/h5-7,14,16,19H,4,8H2,1-3H3. The average molecular weight is 321 g/mol. The highest BCUT2D eigenvalue weighted by molar-refractivity contribution is 5.77. The molecule has 1 unspecified atom stereocenters. The summed E-state index contributed by atoms with van der Waals surface area (Å²) in [6.07, 6.45) is 0.639. The number of phenolic OH excluding ortho intramolecular Hbond substituents is 1. The van der Waals surface area contributed by atoms with Gasteiger partial charge in [0.15, 0.2) is 17.3 Å². The Bertz CT molecular complexity index is 671. The first-order chi connectivity index (χ1) is 11.1. The van der Waals surface area contributed by atoms with E-state index in [0.29, 0.717) is 29.4 Å². The van der Waals surface area contributed by atoms with Crippen LogP contribution in [0, 0.1) is 0 Å². The van der Waals surface area contributed by atoms with Crippen molar-refractivity contribution in [3.8, 4) is 11.5 Å². The monoisotopic (exact) mass is 321 g/mol. The van der Waals surface area contributed by atoms with E-state index in [2.05, 4.69) is 15.5 Å². The zero-order valence-corrected chi connectivity index (χ0v) is 13.2. The molecule has 2 rings (SSSR count). The molecule has 0 bridgehead atoms. The summed E-state index contributed by atoms with van der Waals surface area (Å²) >= 11 is 0. The van der Waals surface area contributed by atoms with Crippen LogP contribution in [0.4, 0.5) is 0 Å². The topological polar surface area (TPSA) is 107 Å². The van der Waals surface area contributed by atoms with E-state index in [-0.39, 0.29) is 12.3 Å². The van der Waals surface area contributed by atoms with E-state index in [0.717, 1.165) is 0 Å². The Kier molecular flexibility index (Phi) is 5.53. The number of aromatic nitrogens is 2. The Hall–Kier alpha value is -2.61. The summed E-state index contributed by atoms with van der Waals surface area (Å²) in [5, 5.41) is 16.7. The number of hydrogen-bond donors (Lipinski definition) is 2. The third kappa shape index (κ3) is 3.98. The Morgan fingerprint density at radius 2 is 2.22 bits per heavy atom. The van der Waals surface area contributed by atoms with Gasteiger partial charge in [0.25, 0.3) is 0 Å². The van der Waals surface area contributed by atoms with Crippen molar-refractivity contribution >= 4 is 5.97 Å². The van der Waals surface area contributed by atoms with Crippen molar-refractivity contribution in [2.24, 2.45) is 0 Å². The number of esters is 1. The molecule has 124 valence electrons. The Labute approximate surface area is 133 Å². The van der Waals surface area contributed by atoms with Crippen molar-refractivity contribution in [1.29, 1.82) is 0 Å². The summed E-state index contributed by atoms with van der Waals surface area (Å²) in [5.74, 6) is 0.734. The van der Waals surface area contributed by atoms with Gasteiger partial charge in [0.1, 0.15) is 6.04 Å². The first kappa shape index (κ1) is 16.8. The number of hydrogen-bond acceptors (Lipinski definition) is 8. The normalized spacial score (nSPS) is 12.0. The summed E-state index contributed by atoms with van der Waals surface area (Å²) in [7, 11) is 2.75. The van der Waals surface area contributed by atoms with E-state index in [1.54, 1.807) is 12.1 Å². The molecule has 8 nitrogen and oxygen atoms in total. The molecule has 0 fully saturated rings. The molecule has 0 aliphatic heterocycles. The molecule has 2 N–H and O–H groups in total. The molecule has 0 radical (unpaired) electrons. The second-order valence-electron chi connectivity index (χ2n) is 4.73. The van der Waals surface area contributed by atoms with Gasteiger partial charge in [-0.1, -0.05) is 18.1 Å². The van der Waals surface area contributed by atoms with Crippen molar-refractivity contribution in [3.63, 3.8) is 0 Å². The lowest BCUT2D eigenvalue weighted by atomic mass is 10.1. The third-order valence-electron chi connectivity index (χ3n) is 3.25. The van der Waals surface area contributed by atoms with Crippen LogP contribution in [0.3, 0.4) is 0 Å². The number of carbonyl (C=O) groups is 1. The number of benzene rings is 1. The first-order valence-corrected chi connectivity index (χ1v) is 7.08. The fourth-order valence-corrected chi connectivity index (χ4v) is 2.04. The number of nitrogens with one attached hydrogen (secondary N) is 1. The van der Waals surface area contributed by atoms with E-state index >= 15 is 0 Å². The van der Waals surface area contributed by atoms with E-state index < -0.39 is 12.0 Å². The number of aromatic hydroxyl groups is 1. The van der Waals surface area contributed by atoms with Crippen LogP contribution in [0.25, 0.3) is 0 Å². The second kappa shape index (κ2) is 7.59. The summed E-state index contributed by atoms with van der Waals surface area (Å²) in [6, 6.07) is 3.91. The highest BCUT2D eigenvalue weighted by Gasteiger charge is 2.23. The molecule has 0 aliphatic carbocycles. The molecule has 23 heavy (non-hydrogen) atoms. The van der Waals surface area contributed by atoms with Gasteiger partial charge in [-0.2, -0.15) is 4.98 Å². The highest BCUT2D eigenvalue weighted by Crippen LogP contribution is 2.29. The minimum atomic E-state index is -0.777. The smallest absolute Gasteiger partial charge is 0.327 e. The van der Waals surface area contributed by atoms with Gasteiger partial charge in [-0.05, 0) is 17.7 Å². The SMILES string of the molecule is CCc1nc(CNC(C(=O)OC)c2ccc(OC)c(O)c2)no1. The molecule has 1 aromatic heterocycles. The van der Waals surface area contributed by atoms with Crippen LogP contribution in [-0.4, -0.2) is 35.4 Å². The molecule has 0 aliphatic rings. The predicted molar refractivity (Wildman–Crippen MR) is 79.9 cm³/mol. The number of aryl methyl sites for hydroxylation is 1. The number of ether oxygens (including phenoxy) is 2. The molecule has 2 aromatic rings. The first-order valence-electron chi connectivity index (χ1n) is 7.08. The highest BCUT2D eigenvalue weighted by atomic mass is 16.5. The molecule has 1 heterocycles. The zero-order chi connectivity index (χ0) is 16.8. The fourth-order valence-electron chi connectivity index (χ4n) is 2.04. The van der Waals surface area contributed by atoms with Gasteiger partial charge in [-0.3, -0.25) is 5.32 Å². The van der Waals surface area contributed by atoms with Gasteiger partial charge < -0.3 is 19.1 Å². The van der Waals surface area contributed by atoms with E-state index in [4.69, 9.17) is 14.0 Å². The van der Waals surface area contributed by atoms with Crippen molar-refractivity contribution in [2.45, 2.75) is 25.9 Å². The number of nitrogens with zero attached hydrogens (tertiary/aromatic N) is 2. The van der Waals surface area contributed by atoms with Gasteiger partial charge >= 0.3 is 5.97 Å². The molecular weight excluding hydrogens is 302 g/mol. The zero-order valence-electron chi connectivity index (χ0n) is 13.2. The van der Waals surface area contributed by atoms with Gasteiger partial charge in [-0.25, -0.2) is 4.79 Å². The van der Waals surface area contributed by atoms with Gasteiger partial charge in [0.05, 0.1) is 20.8 Å². The Morgan fingerprint density at radius 3 is 2.78 bits per heavy atom. The van der Waals surface area contributed by atoms with Gasteiger partial charge in [0.2, 0.25) is 5.89 Å². The molecule has 1 atom stereocenters. The Balaban J connectivity index is 2.16. The minimum absolute atomic E-state index is 0.0615. The number of carbonyl (C=O) groups excluding carboxylic acids is 1. The Morgan fingerprint density at radius 1 is 1.43 bits per heavy atom. The van der Waals surface area contributed by atoms with Crippen LogP contribution in [0.1, 0.15) is 30.2 Å². The molecule has 1 aromatic carbocycles. The van der Waals surface area contributed by atoms with E-state index in [9.17, 15) is 9.90 Å². The van der Waals surface area contributed by atoms with Crippen LogP contribution in [-0.2, 0) is 22.5 Å². The maximum atomic E-state index is 12.0. The number of rotatable bonds is 7. The quantitative estimate of drug-likeness (QED) is 0.736. The maximum Gasteiger partial charge on any atom is 0.327 e. The molecule has 0 amide bonds. The van der Waals surface area contributed by atoms with Crippen LogP contribution >= 0.6 is 0 Å². The lowest BCUT2D eigenvalue weighted by Crippen LogP contribution is -2.29. The van der Waals surface area contributed by atoms with Crippen molar-refractivity contribution in [3.05, 3.63) is 35.5 Å².